The summed E-state index contributed by atoms with van der Waals surface area (Å²) in [6, 6.07) is -1.15. The first-order chi connectivity index (χ1) is 10.3. The molecule has 22 heavy (non-hydrogen) atoms. The first kappa shape index (κ1) is 19.8. The summed E-state index contributed by atoms with van der Waals surface area (Å²) in [7, 11) is 0. The molecule has 0 aromatic rings. The van der Waals surface area contributed by atoms with Gasteiger partial charge in [0.25, 0.3) is 0 Å². The average Bonchev–Trinajstić information content (AvgIpc) is 2.49. The van der Waals surface area contributed by atoms with E-state index in [2.05, 4.69) is 15.4 Å². The van der Waals surface area contributed by atoms with Gasteiger partial charge in [0.15, 0.2) is 6.10 Å². The molecule has 2 atom stereocenters. The molecule has 2 amide bonds. The van der Waals surface area contributed by atoms with Crippen molar-refractivity contribution in [3.8, 4) is 0 Å². The van der Waals surface area contributed by atoms with Crippen molar-refractivity contribution in [2.75, 3.05) is 19.8 Å². The Morgan fingerprint density at radius 1 is 1.09 bits per heavy atom. The van der Waals surface area contributed by atoms with Crippen molar-refractivity contribution in [3.05, 3.63) is 0 Å². The van der Waals surface area contributed by atoms with E-state index in [0.29, 0.717) is 0 Å². The lowest BCUT2D eigenvalue weighted by Gasteiger charge is -2.18. The van der Waals surface area contributed by atoms with E-state index >= 15 is 0 Å². The molecule has 0 heterocycles. The third-order valence-corrected chi connectivity index (χ3v) is 2.54. The first-order valence-corrected chi connectivity index (χ1v) is 6.52. The number of amides is 2. The second-order valence-corrected chi connectivity index (χ2v) is 4.35. The molecule has 0 radical (unpaired) electrons. The van der Waals surface area contributed by atoms with Gasteiger partial charge in [-0.3, -0.25) is 9.59 Å². The zero-order valence-electron chi connectivity index (χ0n) is 12.1. The van der Waals surface area contributed by atoms with E-state index in [1.165, 1.54) is 0 Å². The van der Waals surface area contributed by atoms with Crippen molar-refractivity contribution in [1.29, 1.82) is 0 Å². The third kappa shape index (κ3) is 8.17. The molecule has 0 spiro atoms. The summed E-state index contributed by atoms with van der Waals surface area (Å²) in [6.07, 6.45) is -1.06. The van der Waals surface area contributed by atoms with Crippen LogP contribution in [0, 0.1) is 0 Å². The minimum absolute atomic E-state index is 0.0582. The summed E-state index contributed by atoms with van der Waals surface area (Å²) in [6.45, 7) is -0.193. The number of esters is 1. The monoisotopic (exact) mass is 320 g/mol. The van der Waals surface area contributed by atoms with Crippen LogP contribution in [0.2, 0.25) is 0 Å². The molecule has 0 fully saturated rings. The Morgan fingerprint density at radius 3 is 2.18 bits per heavy atom. The summed E-state index contributed by atoms with van der Waals surface area (Å²) in [4.78, 5) is 44.4. The number of rotatable bonds is 10. The highest BCUT2D eigenvalue weighted by molar-refractivity contribution is 5.86. The Bertz CT molecular complexity index is 412. The van der Waals surface area contributed by atoms with Gasteiger partial charge in [-0.25, -0.2) is 9.59 Å². The molecule has 0 saturated carbocycles. The number of aliphatic hydroxyl groups excluding tert-OH is 2. The van der Waals surface area contributed by atoms with Gasteiger partial charge in [0.05, 0.1) is 0 Å². The number of nitrogens with one attached hydrogen (secondary N) is 2. The van der Waals surface area contributed by atoms with E-state index in [9.17, 15) is 19.2 Å². The summed E-state index contributed by atoms with van der Waals surface area (Å²) in [5, 5.41) is 30.4. The summed E-state index contributed by atoms with van der Waals surface area (Å²) < 4.78 is 4.66. The van der Waals surface area contributed by atoms with E-state index in [-0.39, 0.29) is 19.4 Å². The lowest BCUT2D eigenvalue weighted by molar-refractivity contribution is -0.164. The maximum atomic E-state index is 11.8. The predicted molar refractivity (Wildman–Crippen MR) is 71.5 cm³/mol. The van der Waals surface area contributed by atoms with Gasteiger partial charge in [-0.15, -0.1) is 0 Å². The lowest BCUT2D eigenvalue weighted by atomic mass is 10.1. The average molecular weight is 320 g/mol. The van der Waals surface area contributed by atoms with Gasteiger partial charge < -0.3 is 30.7 Å². The number of carbonyl (C=O) groups excluding carboxylic acids is 3. The van der Waals surface area contributed by atoms with E-state index < -0.39 is 49.1 Å². The molecule has 10 nitrogen and oxygen atoms in total. The fourth-order valence-corrected chi connectivity index (χ4v) is 1.39. The van der Waals surface area contributed by atoms with E-state index in [4.69, 9.17) is 15.3 Å². The summed E-state index contributed by atoms with van der Waals surface area (Å²) >= 11 is 0. The minimum Gasteiger partial charge on any atom is -0.479 e. The Morgan fingerprint density at radius 2 is 1.68 bits per heavy atom. The number of hydrogen-bond donors (Lipinski definition) is 5. The molecule has 10 heteroatoms. The van der Waals surface area contributed by atoms with E-state index in [1.807, 2.05) is 0 Å². The minimum atomic E-state index is -1.38. The number of carboxylic acid groups (broad SMARTS) is 1. The highest BCUT2D eigenvalue weighted by atomic mass is 16.6. The van der Waals surface area contributed by atoms with Gasteiger partial charge in [-0.2, -0.15) is 0 Å². The molecule has 5 N–H and O–H groups in total. The zero-order chi connectivity index (χ0) is 17.1. The maximum absolute atomic E-state index is 11.8. The number of hydrogen-bond acceptors (Lipinski definition) is 7. The number of carboxylic acids is 1. The SMILES string of the molecule is C[C@H](OC(=O)[C@@H](CCCNC(=O)CO)NC(=O)CO)C(=O)O. The maximum Gasteiger partial charge on any atom is 0.344 e. The van der Waals surface area contributed by atoms with Gasteiger partial charge in [0.1, 0.15) is 19.3 Å². The topological polar surface area (TPSA) is 162 Å². The van der Waals surface area contributed by atoms with Crippen LogP contribution >= 0.6 is 0 Å². The van der Waals surface area contributed by atoms with Crippen LogP contribution in [0.3, 0.4) is 0 Å². The zero-order valence-corrected chi connectivity index (χ0v) is 12.1. The quantitative estimate of drug-likeness (QED) is 0.215. The molecule has 0 rings (SSSR count). The van der Waals surface area contributed by atoms with Crippen LogP contribution in [-0.4, -0.2) is 71.0 Å². The Hall–Kier alpha value is -2.20. The van der Waals surface area contributed by atoms with Gasteiger partial charge in [-0.1, -0.05) is 0 Å². The number of aliphatic carboxylic acids is 1. The number of carbonyl (C=O) groups is 4. The molecule has 0 aromatic heterocycles. The van der Waals surface area contributed by atoms with Gasteiger partial charge in [0.2, 0.25) is 11.8 Å². The van der Waals surface area contributed by atoms with Crippen molar-refractivity contribution >= 4 is 23.8 Å². The summed E-state index contributed by atoms with van der Waals surface area (Å²) in [5.41, 5.74) is 0. The van der Waals surface area contributed by atoms with E-state index in [1.54, 1.807) is 0 Å². The van der Waals surface area contributed by atoms with Crippen LogP contribution in [0.15, 0.2) is 0 Å². The Kier molecular flexibility index (Phi) is 9.46. The van der Waals surface area contributed by atoms with Crippen LogP contribution in [-0.2, 0) is 23.9 Å². The fraction of sp³-hybridized carbons (Fsp3) is 0.667. The van der Waals surface area contributed by atoms with Gasteiger partial charge in [-0.05, 0) is 19.8 Å². The molecule has 0 aliphatic carbocycles. The molecule has 0 aliphatic heterocycles. The van der Waals surface area contributed by atoms with Crippen LogP contribution in [0.4, 0.5) is 0 Å². The van der Waals surface area contributed by atoms with Crippen molar-refractivity contribution in [2.24, 2.45) is 0 Å². The molecule has 0 aromatic carbocycles. The van der Waals surface area contributed by atoms with Crippen LogP contribution in [0.5, 0.6) is 0 Å². The van der Waals surface area contributed by atoms with Crippen molar-refractivity contribution in [1.82, 2.24) is 10.6 Å². The second-order valence-electron chi connectivity index (χ2n) is 4.35. The largest absolute Gasteiger partial charge is 0.479 e. The highest BCUT2D eigenvalue weighted by Gasteiger charge is 2.25. The smallest absolute Gasteiger partial charge is 0.344 e. The van der Waals surface area contributed by atoms with E-state index in [0.717, 1.165) is 6.92 Å². The third-order valence-electron chi connectivity index (χ3n) is 2.54. The normalized spacial score (nSPS) is 12.9. The molecule has 126 valence electrons. The molecule has 0 aliphatic rings. The second kappa shape index (κ2) is 10.5. The Balaban J connectivity index is 4.48. The van der Waals surface area contributed by atoms with Crippen molar-refractivity contribution in [3.63, 3.8) is 0 Å². The van der Waals surface area contributed by atoms with Crippen LogP contribution < -0.4 is 10.6 Å². The fourth-order valence-electron chi connectivity index (χ4n) is 1.39. The lowest BCUT2D eigenvalue weighted by Crippen LogP contribution is -2.45. The number of aliphatic hydroxyl groups is 2. The molecule has 0 saturated heterocycles. The Labute approximate surface area is 126 Å². The van der Waals surface area contributed by atoms with Crippen LogP contribution in [0.1, 0.15) is 19.8 Å². The van der Waals surface area contributed by atoms with Crippen LogP contribution in [0.25, 0.3) is 0 Å². The van der Waals surface area contributed by atoms with Crippen molar-refractivity contribution in [2.45, 2.75) is 31.9 Å². The molecule has 0 bridgehead atoms. The number of ether oxygens (including phenoxy) is 1. The highest BCUT2D eigenvalue weighted by Crippen LogP contribution is 2.03. The molecular formula is C12H20N2O8. The summed E-state index contributed by atoms with van der Waals surface area (Å²) in [5.74, 6) is -3.69. The molecule has 0 unspecified atom stereocenters. The first-order valence-electron chi connectivity index (χ1n) is 6.52. The van der Waals surface area contributed by atoms with Gasteiger partial charge >= 0.3 is 11.9 Å². The predicted octanol–water partition coefficient (Wildman–Crippen LogP) is -2.63. The van der Waals surface area contributed by atoms with Gasteiger partial charge in [0, 0.05) is 6.54 Å². The van der Waals surface area contributed by atoms with Crippen molar-refractivity contribution < 1.29 is 39.2 Å². The molecular weight excluding hydrogens is 300 g/mol. The standard InChI is InChI=1S/C12H20N2O8/c1-7(11(19)20)22-12(21)8(14-10(18)6-16)3-2-4-13-9(17)5-15/h7-8,15-16H,2-6H2,1H3,(H,13,17)(H,14,18)(H,19,20)/t7-,8+/m0/s1.